The topological polar surface area (TPSA) is 137 Å². The average molecular weight is 472 g/mol. The van der Waals surface area contributed by atoms with Crippen LogP contribution < -0.4 is 15.4 Å². The van der Waals surface area contributed by atoms with Crippen molar-refractivity contribution >= 4 is 33.8 Å². The number of phenols is 1. The van der Waals surface area contributed by atoms with Crippen molar-refractivity contribution in [2.45, 2.75) is 13.0 Å². The van der Waals surface area contributed by atoms with Crippen molar-refractivity contribution in [1.82, 2.24) is 15.5 Å². The number of carbonyl (C=O) groups excluding carboxylic acids is 2. The molecule has 1 heterocycles. The largest absolute Gasteiger partial charge is 0.503 e. The van der Waals surface area contributed by atoms with E-state index in [1.54, 1.807) is 0 Å². The molecule has 1 unspecified atom stereocenters. The fraction of sp³-hybridized carbons (Fsp3) is 0.389. The number of phenolic OH excluding ortho intramolecular Hbond substituents is 1. The van der Waals surface area contributed by atoms with Gasteiger partial charge in [0.15, 0.2) is 11.5 Å². The van der Waals surface area contributed by atoms with E-state index in [-0.39, 0.29) is 40.3 Å². The van der Waals surface area contributed by atoms with E-state index < -0.39 is 23.9 Å². The maximum atomic E-state index is 12.6. The number of ether oxygens (including phenoxy) is 2. The lowest BCUT2D eigenvalue weighted by molar-refractivity contribution is -0.133. The van der Waals surface area contributed by atoms with Gasteiger partial charge in [-0.05, 0) is 40.5 Å². The van der Waals surface area contributed by atoms with Crippen LogP contribution in [0, 0.1) is 0 Å². The summed E-state index contributed by atoms with van der Waals surface area (Å²) in [6.07, 6.45) is 0. The second-order valence-electron chi connectivity index (χ2n) is 6.17. The van der Waals surface area contributed by atoms with Crippen LogP contribution in [0.2, 0.25) is 0 Å². The number of allylic oxidation sites excluding steroid dienone is 1. The zero-order valence-electron chi connectivity index (χ0n) is 16.1. The van der Waals surface area contributed by atoms with Crippen LogP contribution in [-0.2, 0) is 14.3 Å². The minimum atomic E-state index is -1.25. The number of carboxylic acid groups (broad SMARTS) is 1. The van der Waals surface area contributed by atoms with Gasteiger partial charge in [-0.1, -0.05) is 0 Å². The Morgan fingerprint density at radius 1 is 1.34 bits per heavy atom. The Labute approximate surface area is 175 Å². The Balaban J connectivity index is 2.39. The number of benzene rings is 1. The number of aromatic hydroxyl groups is 1. The Bertz CT molecular complexity index is 856. The van der Waals surface area contributed by atoms with E-state index in [0.29, 0.717) is 12.2 Å². The maximum Gasteiger partial charge on any atom is 0.335 e. The first-order valence-electron chi connectivity index (χ1n) is 8.55. The number of halogens is 1. The molecule has 11 heteroatoms. The SMILES string of the molecule is COCCNC(=O)CN1C(=O)NC(c2cc(Br)c(O)c(OC)c2)C(C(=O)O)=C1C. The zero-order valence-corrected chi connectivity index (χ0v) is 17.7. The number of nitrogens with one attached hydrogen (secondary N) is 2. The standard InChI is InChI=1S/C18H22BrN3O7/c1-9-14(17(25)26)15(10-6-11(19)16(24)12(7-10)29-3)21-18(27)22(9)8-13(23)20-4-5-28-2/h6-7,15,24H,4-5,8H2,1-3H3,(H,20,23)(H,21,27)(H,25,26). The first kappa shape index (κ1) is 22.5. The number of amides is 3. The summed E-state index contributed by atoms with van der Waals surface area (Å²) in [5.74, 6) is -1.73. The lowest BCUT2D eigenvalue weighted by Crippen LogP contribution is -2.51. The molecule has 4 N–H and O–H groups in total. The summed E-state index contributed by atoms with van der Waals surface area (Å²) in [6, 6.07) is 1.31. The predicted molar refractivity (Wildman–Crippen MR) is 106 cm³/mol. The molecule has 2 rings (SSSR count). The second kappa shape index (κ2) is 9.61. The van der Waals surface area contributed by atoms with Gasteiger partial charge in [0.05, 0.1) is 29.8 Å². The summed E-state index contributed by atoms with van der Waals surface area (Å²) in [5.41, 5.74) is 0.422. The van der Waals surface area contributed by atoms with Gasteiger partial charge in [-0.3, -0.25) is 9.69 Å². The molecule has 1 aromatic carbocycles. The molecule has 0 saturated carbocycles. The Kier molecular flexibility index (Phi) is 7.46. The van der Waals surface area contributed by atoms with Crippen molar-refractivity contribution < 1.29 is 34.1 Å². The van der Waals surface area contributed by atoms with Crippen molar-refractivity contribution in [2.75, 3.05) is 33.9 Å². The third kappa shape index (κ3) is 4.98. The molecular weight excluding hydrogens is 450 g/mol. The highest BCUT2D eigenvalue weighted by Gasteiger charge is 2.37. The van der Waals surface area contributed by atoms with Crippen LogP contribution in [0.3, 0.4) is 0 Å². The number of rotatable bonds is 8. The van der Waals surface area contributed by atoms with E-state index in [1.807, 2.05) is 0 Å². The van der Waals surface area contributed by atoms with Crippen molar-refractivity contribution in [2.24, 2.45) is 0 Å². The lowest BCUT2D eigenvalue weighted by Gasteiger charge is -2.34. The van der Waals surface area contributed by atoms with Gasteiger partial charge >= 0.3 is 12.0 Å². The molecule has 0 bridgehead atoms. The molecule has 1 atom stereocenters. The van der Waals surface area contributed by atoms with E-state index in [4.69, 9.17) is 9.47 Å². The number of nitrogens with zero attached hydrogens (tertiary/aromatic N) is 1. The zero-order chi connectivity index (χ0) is 21.7. The average Bonchev–Trinajstić information content (AvgIpc) is 2.66. The van der Waals surface area contributed by atoms with Gasteiger partial charge in [0.1, 0.15) is 6.54 Å². The van der Waals surface area contributed by atoms with Gasteiger partial charge < -0.3 is 30.3 Å². The summed E-state index contributed by atoms with van der Waals surface area (Å²) in [5, 5.41) is 24.9. The summed E-state index contributed by atoms with van der Waals surface area (Å²) >= 11 is 3.19. The highest BCUT2D eigenvalue weighted by molar-refractivity contribution is 9.10. The fourth-order valence-electron chi connectivity index (χ4n) is 2.91. The number of carbonyl (C=O) groups is 3. The third-order valence-corrected chi connectivity index (χ3v) is 4.97. The van der Waals surface area contributed by atoms with Gasteiger partial charge in [0.25, 0.3) is 0 Å². The number of carboxylic acids is 1. The first-order chi connectivity index (χ1) is 13.7. The smallest absolute Gasteiger partial charge is 0.335 e. The quantitative estimate of drug-likeness (QED) is 0.419. The van der Waals surface area contributed by atoms with Gasteiger partial charge in [-0.25, -0.2) is 9.59 Å². The van der Waals surface area contributed by atoms with E-state index in [0.717, 1.165) is 4.90 Å². The molecule has 1 aliphatic rings. The van der Waals surface area contributed by atoms with Gasteiger partial charge in [-0.15, -0.1) is 0 Å². The van der Waals surface area contributed by atoms with Gasteiger partial charge in [-0.2, -0.15) is 0 Å². The number of urea groups is 1. The predicted octanol–water partition coefficient (Wildman–Crippen LogP) is 1.35. The summed E-state index contributed by atoms with van der Waals surface area (Å²) in [4.78, 5) is 37.7. The molecular formula is C18H22BrN3O7. The van der Waals surface area contributed by atoms with Crippen LogP contribution in [0.15, 0.2) is 27.9 Å². The van der Waals surface area contributed by atoms with E-state index in [1.165, 1.54) is 33.3 Å². The van der Waals surface area contributed by atoms with Crippen LogP contribution in [0.1, 0.15) is 18.5 Å². The molecule has 29 heavy (non-hydrogen) atoms. The molecule has 1 aliphatic heterocycles. The van der Waals surface area contributed by atoms with Gasteiger partial charge in [0, 0.05) is 19.4 Å². The molecule has 0 aliphatic carbocycles. The third-order valence-electron chi connectivity index (χ3n) is 4.36. The van der Waals surface area contributed by atoms with Crippen molar-refractivity contribution in [3.8, 4) is 11.5 Å². The molecule has 0 aromatic heterocycles. The summed E-state index contributed by atoms with van der Waals surface area (Å²) < 4.78 is 10.2. The molecule has 0 radical (unpaired) electrons. The number of hydrogen-bond acceptors (Lipinski definition) is 6. The van der Waals surface area contributed by atoms with Crippen LogP contribution in [0.5, 0.6) is 11.5 Å². The molecule has 0 fully saturated rings. The van der Waals surface area contributed by atoms with Crippen molar-refractivity contribution in [1.29, 1.82) is 0 Å². The number of aliphatic carboxylic acids is 1. The van der Waals surface area contributed by atoms with E-state index >= 15 is 0 Å². The molecule has 10 nitrogen and oxygen atoms in total. The molecule has 0 spiro atoms. The highest BCUT2D eigenvalue weighted by atomic mass is 79.9. The van der Waals surface area contributed by atoms with Gasteiger partial charge in [0.2, 0.25) is 5.91 Å². The van der Waals surface area contributed by atoms with E-state index in [2.05, 4.69) is 26.6 Å². The number of hydrogen-bond donors (Lipinski definition) is 4. The normalized spacial score (nSPS) is 16.5. The van der Waals surface area contributed by atoms with Crippen LogP contribution in [-0.4, -0.2) is 66.9 Å². The Hall–Kier alpha value is -2.79. The lowest BCUT2D eigenvalue weighted by atomic mass is 9.94. The number of methoxy groups -OCH3 is 2. The van der Waals surface area contributed by atoms with Crippen LogP contribution in [0.4, 0.5) is 4.79 Å². The summed E-state index contributed by atoms with van der Waals surface area (Å²) in [6.45, 7) is 1.70. The highest BCUT2D eigenvalue weighted by Crippen LogP contribution is 2.39. The molecule has 3 amide bonds. The van der Waals surface area contributed by atoms with E-state index in [9.17, 15) is 24.6 Å². The fourth-order valence-corrected chi connectivity index (χ4v) is 3.37. The maximum absolute atomic E-state index is 12.6. The molecule has 1 aromatic rings. The minimum absolute atomic E-state index is 0.103. The van der Waals surface area contributed by atoms with Crippen molar-refractivity contribution in [3.05, 3.63) is 33.4 Å². The Morgan fingerprint density at radius 3 is 2.62 bits per heavy atom. The van der Waals surface area contributed by atoms with Crippen LogP contribution in [0.25, 0.3) is 0 Å². The second-order valence-corrected chi connectivity index (χ2v) is 7.02. The van der Waals surface area contributed by atoms with Crippen molar-refractivity contribution in [3.63, 3.8) is 0 Å². The minimum Gasteiger partial charge on any atom is -0.503 e. The first-order valence-corrected chi connectivity index (χ1v) is 9.34. The monoisotopic (exact) mass is 471 g/mol. The summed E-state index contributed by atoms with van der Waals surface area (Å²) in [7, 11) is 2.85. The molecule has 0 saturated heterocycles. The molecule has 158 valence electrons. The Morgan fingerprint density at radius 2 is 2.03 bits per heavy atom. The van der Waals surface area contributed by atoms with Crippen LogP contribution >= 0.6 is 15.9 Å².